The summed E-state index contributed by atoms with van der Waals surface area (Å²) in [6, 6.07) is 1.44. The van der Waals surface area contributed by atoms with Gasteiger partial charge < -0.3 is 4.52 Å². The fraction of sp³-hybridized carbons (Fsp3) is 0.562. The zero-order chi connectivity index (χ0) is 19.9. The second kappa shape index (κ2) is 7.06. The van der Waals surface area contributed by atoms with Crippen molar-refractivity contribution >= 4 is 10.0 Å². The predicted octanol–water partition coefficient (Wildman–Crippen LogP) is -0.805. The minimum Gasteiger partial charge on any atom is -0.360 e. The Morgan fingerprint density at radius 1 is 1.07 bits per heavy atom. The van der Waals surface area contributed by atoms with Crippen LogP contribution in [-0.2, 0) is 30.7 Å². The first kappa shape index (κ1) is 19.5. The molecular weight excluding hydrogens is 374 g/mol. The summed E-state index contributed by atoms with van der Waals surface area (Å²) in [5.41, 5.74) is 0.222. The van der Waals surface area contributed by atoms with Crippen molar-refractivity contribution in [3.63, 3.8) is 0 Å². The molecule has 1 fully saturated rings. The maximum atomic E-state index is 12.9. The summed E-state index contributed by atoms with van der Waals surface area (Å²) in [5.74, 6) is 0.282. The summed E-state index contributed by atoms with van der Waals surface area (Å²) < 4.78 is 34.6. The van der Waals surface area contributed by atoms with Crippen molar-refractivity contribution < 1.29 is 12.9 Å². The van der Waals surface area contributed by atoms with Crippen LogP contribution in [0.25, 0.3) is 0 Å². The van der Waals surface area contributed by atoms with E-state index in [0.29, 0.717) is 44.1 Å². The smallest absolute Gasteiger partial charge is 0.330 e. The molecule has 27 heavy (non-hydrogen) atoms. The normalized spacial score (nSPS) is 16.7. The highest BCUT2D eigenvalue weighted by Crippen LogP contribution is 2.24. The summed E-state index contributed by atoms with van der Waals surface area (Å²) in [7, 11) is -0.604. The number of hydrogen-bond donors (Lipinski definition) is 0. The molecular formula is C16H23N5O5S. The Morgan fingerprint density at radius 3 is 2.26 bits per heavy atom. The molecule has 1 saturated heterocycles. The fourth-order valence-electron chi connectivity index (χ4n) is 3.26. The van der Waals surface area contributed by atoms with Gasteiger partial charge >= 0.3 is 5.69 Å². The van der Waals surface area contributed by atoms with E-state index < -0.39 is 10.0 Å². The average Bonchev–Trinajstić information content (AvgIpc) is 2.97. The number of piperazine rings is 1. The van der Waals surface area contributed by atoms with Crippen LogP contribution in [0.2, 0.25) is 0 Å². The molecule has 2 aromatic heterocycles. The van der Waals surface area contributed by atoms with Crippen molar-refractivity contribution in [1.82, 2.24) is 23.5 Å². The zero-order valence-electron chi connectivity index (χ0n) is 15.8. The number of nitrogens with zero attached hydrogens (tertiary/aromatic N) is 5. The molecule has 0 bridgehead atoms. The van der Waals surface area contributed by atoms with Gasteiger partial charge in [-0.25, -0.2) is 13.2 Å². The first-order valence-corrected chi connectivity index (χ1v) is 9.98. The first-order chi connectivity index (χ1) is 12.6. The second-order valence-electron chi connectivity index (χ2n) is 6.71. The van der Waals surface area contributed by atoms with Crippen molar-refractivity contribution in [3.8, 4) is 0 Å². The lowest BCUT2D eigenvalue weighted by molar-refractivity contribution is 0.177. The van der Waals surface area contributed by atoms with Crippen LogP contribution < -0.4 is 11.2 Å². The van der Waals surface area contributed by atoms with Crippen LogP contribution in [0.5, 0.6) is 0 Å². The molecule has 1 aliphatic heterocycles. The lowest BCUT2D eigenvalue weighted by atomic mass is 10.3. The van der Waals surface area contributed by atoms with E-state index in [2.05, 4.69) is 5.16 Å². The molecule has 0 spiro atoms. The van der Waals surface area contributed by atoms with Gasteiger partial charge in [-0.1, -0.05) is 5.16 Å². The molecule has 10 nitrogen and oxygen atoms in total. The standard InChI is InChI=1S/C16H23N5O5S/c1-11-15(12(2)26-17-11)27(24,25)21-7-5-20(6-8-21)10-13-9-14(22)19(4)16(23)18(13)3/h9H,5-8,10H2,1-4H3. The summed E-state index contributed by atoms with van der Waals surface area (Å²) in [4.78, 5) is 26.0. The van der Waals surface area contributed by atoms with Gasteiger partial charge in [-0.05, 0) is 13.8 Å². The van der Waals surface area contributed by atoms with Crippen LogP contribution in [-0.4, -0.2) is 58.1 Å². The van der Waals surface area contributed by atoms with Gasteiger partial charge in [-0.15, -0.1) is 0 Å². The predicted molar refractivity (Wildman–Crippen MR) is 96.9 cm³/mol. The quantitative estimate of drug-likeness (QED) is 0.664. The average molecular weight is 397 g/mol. The third-order valence-electron chi connectivity index (χ3n) is 4.91. The van der Waals surface area contributed by atoms with E-state index in [0.717, 1.165) is 4.57 Å². The highest BCUT2D eigenvalue weighted by atomic mass is 32.2. The largest absolute Gasteiger partial charge is 0.360 e. The zero-order valence-corrected chi connectivity index (χ0v) is 16.6. The third-order valence-corrected chi connectivity index (χ3v) is 7.05. The Hall–Kier alpha value is -2.24. The number of hydrogen-bond acceptors (Lipinski definition) is 7. The highest BCUT2D eigenvalue weighted by molar-refractivity contribution is 7.89. The highest BCUT2D eigenvalue weighted by Gasteiger charge is 2.33. The van der Waals surface area contributed by atoms with E-state index in [1.165, 1.54) is 22.0 Å². The molecule has 11 heteroatoms. The maximum absolute atomic E-state index is 12.9. The van der Waals surface area contributed by atoms with Gasteiger partial charge in [0.15, 0.2) is 5.76 Å². The Kier molecular flexibility index (Phi) is 5.10. The van der Waals surface area contributed by atoms with Gasteiger partial charge in [0.05, 0.1) is 0 Å². The van der Waals surface area contributed by atoms with Crippen molar-refractivity contribution in [2.45, 2.75) is 25.3 Å². The number of sulfonamides is 1. The topological polar surface area (TPSA) is 111 Å². The van der Waals surface area contributed by atoms with E-state index in [4.69, 9.17) is 4.52 Å². The van der Waals surface area contributed by atoms with Crippen LogP contribution >= 0.6 is 0 Å². The number of rotatable bonds is 4. The summed E-state index contributed by atoms with van der Waals surface area (Å²) in [6.07, 6.45) is 0. The van der Waals surface area contributed by atoms with Crippen molar-refractivity contribution in [2.24, 2.45) is 14.1 Å². The summed E-state index contributed by atoms with van der Waals surface area (Å²) >= 11 is 0. The molecule has 2 aromatic rings. The van der Waals surface area contributed by atoms with Gasteiger partial charge in [-0.3, -0.25) is 18.8 Å². The van der Waals surface area contributed by atoms with Crippen LogP contribution in [0.1, 0.15) is 17.1 Å². The molecule has 0 aliphatic carbocycles. The van der Waals surface area contributed by atoms with Crippen LogP contribution in [0, 0.1) is 13.8 Å². The molecule has 0 atom stereocenters. The monoisotopic (exact) mass is 397 g/mol. The molecule has 0 amide bonds. The van der Waals surface area contributed by atoms with Crippen molar-refractivity contribution in [2.75, 3.05) is 26.2 Å². The minimum atomic E-state index is -3.66. The van der Waals surface area contributed by atoms with Gasteiger partial charge in [0.25, 0.3) is 5.56 Å². The van der Waals surface area contributed by atoms with E-state index in [-0.39, 0.29) is 21.9 Å². The van der Waals surface area contributed by atoms with Crippen molar-refractivity contribution in [3.05, 3.63) is 44.1 Å². The van der Waals surface area contributed by atoms with Crippen molar-refractivity contribution in [1.29, 1.82) is 0 Å². The van der Waals surface area contributed by atoms with Gasteiger partial charge in [0.1, 0.15) is 10.6 Å². The second-order valence-corrected chi connectivity index (χ2v) is 8.58. The molecule has 0 aromatic carbocycles. The fourth-order valence-corrected chi connectivity index (χ4v) is 4.97. The van der Waals surface area contributed by atoms with Crippen LogP contribution in [0.15, 0.2) is 25.1 Å². The molecule has 0 N–H and O–H groups in total. The molecule has 3 rings (SSSR count). The molecule has 0 unspecified atom stereocenters. The lowest BCUT2D eigenvalue weighted by Crippen LogP contribution is -2.49. The molecule has 1 aliphatic rings. The molecule has 0 saturated carbocycles. The maximum Gasteiger partial charge on any atom is 0.330 e. The van der Waals surface area contributed by atoms with E-state index in [9.17, 15) is 18.0 Å². The Labute approximate surface area is 156 Å². The van der Waals surface area contributed by atoms with E-state index in [1.807, 2.05) is 4.90 Å². The summed E-state index contributed by atoms with van der Waals surface area (Å²) in [6.45, 7) is 5.20. The molecule has 0 radical (unpaired) electrons. The Balaban J connectivity index is 1.73. The number of aryl methyl sites for hydroxylation is 2. The summed E-state index contributed by atoms with van der Waals surface area (Å²) in [5, 5.41) is 3.73. The van der Waals surface area contributed by atoms with Crippen LogP contribution in [0.4, 0.5) is 0 Å². The van der Waals surface area contributed by atoms with Gasteiger partial charge in [0.2, 0.25) is 10.0 Å². The van der Waals surface area contributed by atoms with Gasteiger partial charge in [0, 0.05) is 58.6 Å². The molecule has 148 valence electrons. The lowest BCUT2D eigenvalue weighted by Gasteiger charge is -2.34. The number of aromatic nitrogens is 3. The first-order valence-electron chi connectivity index (χ1n) is 8.54. The van der Waals surface area contributed by atoms with Crippen LogP contribution in [0.3, 0.4) is 0 Å². The Morgan fingerprint density at radius 2 is 1.70 bits per heavy atom. The Bertz CT molecular complexity index is 1050. The SMILES string of the molecule is Cc1noc(C)c1S(=O)(=O)N1CCN(Cc2cc(=O)n(C)c(=O)n2C)CC1. The van der Waals surface area contributed by atoms with E-state index >= 15 is 0 Å². The van der Waals surface area contributed by atoms with E-state index in [1.54, 1.807) is 20.9 Å². The third kappa shape index (κ3) is 3.49. The minimum absolute atomic E-state index is 0.130. The molecule has 3 heterocycles. The van der Waals surface area contributed by atoms with Gasteiger partial charge in [-0.2, -0.15) is 4.31 Å².